The van der Waals surface area contributed by atoms with E-state index in [1.807, 2.05) is 18.2 Å². The lowest BCUT2D eigenvalue weighted by atomic mass is 10.1. The van der Waals surface area contributed by atoms with Crippen molar-refractivity contribution in [2.45, 2.75) is 30.7 Å². The summed E-state index contributed by atoms with van der Waals surface area (Å²) >= 11 is 0. The predicted molar refractivity (Wildman–Crippen MR) is 94.2 cm³/mol. The van der Waals surface area contributed by atoms with Gasteiger partial charge in [-0.15, -0.1) is 0 Å². The second kappa shape index (κ2) is 7.82. The van der Waals surface area contributed by atoms with Crippen LogP contribution in [-0.4, -0.2) is 68.3 Å². The third-order valence-corrected chi connectivity index (χ3v) is 6.14. The van der Waals surface area contributed by atoms with Gasteiger partial charge in [0.2, 0.25) is 10.0 Å². The lowest BCUT2D eigenvalue weighted by molar-refractivity contribution is -0.150. The Labute approximate surface area is 148 Å². The Morgan fingerprint density at radius 2 is 1.96 bits per heavy atom. The van der Waals surface area contributed by atoms with Gasteiger partial charge < -0.3 is 9.64 Å². The van der Waals surface area contributed by atoms with Crippen molar-refractivity contribution in [3.8, 4) is 0 Å². The fraction of sp³-hybridized carbons (Fsp3) is 0.588. The molecule has 3 rings (SSSR count). The maximum absolute atomic E-state index is 12.8. The average molecular weight is 367 g/mol. The lowest BCUT2D eigenvalue weighted by Crippen LogP contribution is -2.54. The molecule has 1 amide bonds. The Hall–Kier alpha value is -1.48. The molecule has 2 aliphatic heterocycles. The van der Waals surface area contributed by atoms with Crippen LogP contribution in [0.15, 0.2) is 30.3 Å². The normalized spacial score (nSPS) is 25.7. The summed E-state index contributed by atoms with van der Waals surface area (Å²) < 4.78 is 28.8. The van der Waals surface area contributed by atoms with Gasteiger partial charge in [-0.2, -0.15) is 0 Å². The number of rotatable bonds is 4. The standard InChI is InChI=1S/C17H25N3O4S/c18-25(22,23)15-7-4-8-20(12-15)17(21)16-13-19(9-10-24-16)11-14-5-2-1-3-6-14/h1-3,5-6,15-16H,4,7-13H2,(H2,18,22,23). The molecule has 25 heavy (non-hydrogen) atoms. The van der Waals surface area contributed by atoms with Gasteiger partial charge in [-0.3, -0.25) is 9.69 Å². The van der Waals surface area contributed by atoms with E-state index < -0.39 is 21.4 Å². The first-order chi connectivity index (χ1) is 11.9. The third kappa shape index (κ3) is 4.78. The molecule has 2 heterocycles. The van der Waals surface area contributed by atoms with Crippen LogP contribution in [0.4, 0.5) is 0 Å². The minimum atomic E-state index is -3.62. The number of carbonyl (C=O) groups excluding carboxylic acids is 1. The number of primary sulfonamides is 1. The summed E-state index contributed by atoms with van der Waals surface area (Å²) in [5.41, 5.74) is 1.20. The van der Waals surface area contributed by atoms with Gasteiger partial charge >= 0.3 is 0 Å². The molecule has 2 atom stereocenters. The van der Waals surface area contributed by atoms with Crippen LogP contribution in [0.25, 0.3) is 0 Å². The summed E-state index contributed by atoms with van der Waals surface area (Å²) in [4.78, 5) is 16.6. The molecule has 2 fully saturated rings. The zero-order valence-electron chi connectivity index (χ0n) is 14.2. The highest BCUT2D eigenvalue weighted by Gasteiger charge is 2.35. The van der Waals surface area contributed by atoms with Gasteiger partial charge in [0.15, 0.2) is 0 Å². The fourth-order valence-electron chi connectivity index (χ4n) is 3.45. The first-order valence-electron chi connectivity index (χ1n) is 8.62. The van der Waals surface area contributed by atoms with Gasteiger partial charge in [0.25, 0.3) is 5.91 Å². The van der Waals surface area contributed by atoms with E-state index >= 15 is 0 Å². The molecule has 0 aliphatic carbocycles. The molecule has 0 radical (unpaired) electrons. The molecule has 2 saturated heterocycles. The van der Waals surface area contributed by atoms with Crippen molar-refractivity contribution in [2.24, 2.45) is 5.14 Å². The van der Waals surface area contributed by atoms with Crippen molar-refractivity contribution in [3.63, 3.8) is 0 Å². The third-order valence-electron chi connectivity index (χ3n) is 4.83. The van der Waals surface area contributed by atoms with Crippen LogP contribution in [0.2, 0.25) is 0 Å². The Morgan fingerprint density at radius 3 is 2.68 bits per heavy atom. The van der Waals surface area contributed by atoms with E-state index in [-0.39, 0.29) is 12.5 Å². The lowest BCUT2D eigenvalue weighted by Gasteiger charge is -2.37. The van der Waals surface area contributed by atoms with E-state index in [0.29, 0.717) is 32.5 Å². The summed E-state index contributed by atoms with van der Waals surface area (Å²) in [6, 6.07) is 10.1. The van der Waals surface area contributed by atoms with Crippen LogP contribution in [0.5, 0.6) is 0 Å². The van der Waals surface area contributed by atoms with E-state index in [1.165, 1.54) is 5.56 Å². The highest BCUT2D eigenvalue weighted by Crippen LogP contribution is 2.18. The van der Waals surface area contributed by atoms with Crippen molar-refractivity contribution < 1.29 is 17.9 Å². The monoisotopic (exact) mass is 367 g/mol. The molecule has 1 aromatic rings. The largest absolute Gasteiger partial charge is 0.366 e. The van der Waals surface area contributed by atoms with E-state index in [4.69, 9.17) is 9.88 Å². The minimum absolute atomic E-state index is 0.133. The summed E-state index contributed by atoms with van der Waals surface area (Å²) in [5, 5.41) is 4.58. The number of hydrogen-bond donors (Lipinski definition) is 1. The first kappa shape index (κ1) is 18.3. The van der Waals surface area contributed by atoms with Crippen LogP contribution in [0.3, 0.4) is 0 Å². The second-order valence-corrected chi connectivity index (χ2v) is 8.56. The molecule has 2 aliphatic rings. The van der Waals surface area contributed by atoms with Gasteiger partial charge in [0.05, 0.1) is 11.9 Å². The highest BCUT2D eigenvalue weighted by atomic mass is 32.2. The summed E-state index contributed by atoms with van der Waals surface area (Å²) in [6.45, 7) is 3.28. The number of sulfonamides is 1. The number of likely N-dealkylation sites (tertiary alicyclic amines) is 1. The Morgan fingerprint density at radius 1 is 1.20 bits per heavy atom. The number of benzene rings is 1. The molecular formula is C17H25N3O4S. The molecule has 2 N–H and O–H groups in total. The number of ether oxygens (including phenoxy) is 1. The van der Waals surface area contributed by atoms with Crippen molar-refractivity contribution in [3.05, 3.63) is 35.9 Å². The molecule has 7 nitrogen and oxygen atoms in total. The van der Waals surface area contributed by atoms with Gasteiger partial charge in [-0.1, -0.05) is 30.3 Å². The van der Waals surface area contributed by atoms with Crippen LogP contribution in [-0.2, 0) is 26.1 Å². The van der Waals surface area contributed by atoms with Crippen LogP contribution >= 0.6 is 0 Å². The van der Waals surface area contributed by atoms with Crippen molar-refractivity contribution >= 4 is 15.9 Å². The molecule has 8 heteroatoms. The maximum atomic E-state index is 12.8. The predicted octanol–water partition coefficient (Wildman–Crippen LogP) is 0.167. The van der Waals surface area contributed by atoms with E-state index in [0.717, 1.165) is 13.1 Å². The van der Waals surface area contributed by atoms with Crippen LogP contribution in [0, 0.1) is 0 Å². The summed E-state index contributed by atoms with van der Waals surface area (Å²) in [5.74, 6) is -0.133. The van der Waals surface area contributed by atoms with Crippen molar-refractivity contribution in [1.29, 1.82) is 0 Å². The number of nitrogens with two attached hydrogens (primary N) is 1. The Bertz CT molecular complexity index is 695. The van der Waals surface area contributed by atoms with E-state index in [9.17, 15) is 13.2 Å². The number of nitrogens with zero attached hydrogens (tertiary/aromatic N) is 2. The summed E-state index contributed by atoms with van der Waals surface area (Å²) in [7, 11) is -3.62. The number of morpholine rings is 1. The quantitative estimate of drug-likeness (QED) is 0.819. The Balaban J connectivity index is 1.60. The molecule has 0 saturated carbocycles. The van der Waals surface area contributed by atoms with Gasteiger partial charge in [0, 0.05) is 32.7 Å². The fourth-order valence-corrected chi connectivity index (χ4v) is 4.33. The molecule has 0 aromatic heterocycles. The first-order valence-corrected chi connectivity index (χ1v) is 10.2. The zero-order chi connectivity index (χ0) is 17.9. The number of piperidine rings is 1. The number of amides is 1. The zero-order valence-corrected chi connectivity index (χ0v) is 15.0. The topological polar surface area (TPSA) is 92.9 Å². The molecule has 2 unspecified atom stereocenters. The highest BCUT2D eigenvalue weighted by molar-refractivity contribution is 7.89. The number of hydrogen-bond acceptors (Lipinski definition) is 5. The SMILES string of the molecule is NS(=O)(=O)C1CCCN(C(=O)C2CN(Cc3ccccc3)CCO2)C1. The smallest absolute Gasteiger partial charge is 0.253 e. The molecule has 1 aromatic carbocycles. The number of carbonyl (C=O) groups is 1. The van der Waals surface area contributed by atoms with Gasteiger partial charge in [0.1, 0.15) is 6.10 Å². The average Bonchev–Trinajstić information content (AvgIpc) is 2.61. The van der Waals surface area contributed by atoms with E-state index in [2.05, 4.69) is 17.0 Å². The molecule has 0 spiro atoms. The van der Waals surface area contributed by atoms with Crippen molar-refractivity contribution in [2.75, 3.05) is 32.8 Å². The second-order valence-electron chi connectivity index (χ2n) is 6.72. The van der Waals surface area contributed by atoms with Gasteiger partial charge in [-0.05, 0) is 18.4 Å². The summed E-state index contributed by atoms with van der Waals surface area (Å²) in [6.07, 6.45) is 0.610. The molecule has 0 bridgehead atoms. The molecular weight excluding hydrogens is 342 g/mol. The Kier molecular flexibility index (Phi) is 5.73. The van der Waals surface area contributed by atoms with Gasteiger partial charge in [-0.25, -0.2) is 13.6 Å². The van der Waals surface area contributed by atoms with Crippen LogP contribution in [0.1, 0.15) is 18.4 Å². The van der Waals surface area contributed by atoms with Crippen molar-refractivity contribution in [1.82, 2.24) is 9.80 Å². The minimum Gasteiger partial charge on any atom is -0.366 e. The maximum Gasteiger partial charge on any atom is 0.253 e. The van der Waals surface area contributed by atoms with E-state index in [1.54, 1.807) is 4.90 Å². The van der Waals surface area contributed by atoms with Crippen LogP contribution < -0.4 is 5.14 Å². The molecule has 138 valence electrons.